The van der Waals surface area contributed by atoms with Crippen molar-refractivity contribution in [3.63, 3.8) is 0 Å². The van der Waals surface area contributed by atoms with E-state index in [1.807, 2.05) is 19.1 Å². The molecule has 7 heteroatoms. The standard InChI is InChI=1S/C26H22N4O2S/c1-15-5-7-17(8-6-15)14-33-26-29-24-23(25(32)30-26)21(18-11-9-16(13-27)10-12-18)22-19(28-24)3-2-4-20(22)31/h5-12,21H,2-4,14H2,1H3,(H2,28,29,30,32)/t21-/m0/s1. The number of aromatic amines is 1. The van der Waals surface area contributed by atoms with Gasteiger partial charge < -0.3 is 10.3 Å². The van der Waals surface area contributed by atoms with E-state index < -0.39 is 5.92 Å². The Bertz CT molecular complexity index is 1370. The molecule has 1 aliphatic heterocycles. The number of aromatic nitrogens is 2. The summed E-state index contributed by atoms with van der Waals surface area (Å²) < 4.78 is 0. The van der Waals surface area contributed by atoms with Gasteiger partial charge in [-0.25, -0.2) is 4.98 Å². The van der Waals surface area contributed by atoms with Crippen molar-refractivity contribution in [3.05, 3.63) is 98.0 Å². The summed E-state index contributed by atoms with van der Waals surface area (Å²) in [4.78, 5) is 33.9. The molecule has 1 aliphatic carbocycles. The van der Waals surface area contributed by atoms with Crippen LogP contribution in [0.2, 0.25) is 0 Å². The van der Waals surface area contributed by atoms with E-state index in [2.05, 4.69) is 40.6 Å². The van der Waals surface area contributed by atoms with E-state index in [4.69, 9.17) is 10.2 Å². The Balaban J connectivity index is 1.55. The lowest BCUT2D eigenvalue weighted by Crippen LogP contribution is -2.32. The molecule has 1 aromatic heterocycles. The van der Waals surface area contributed by atoms with Crippen LogP contribution in [0.25, 0.3) is 0 Å². The number of benzene rings is 2. The number of nitrogens with zero attached hydrogens (tertiary/aromatic N) is 2. The van der Waals surface area contributed by atoms with Gasteiger partial charge in [0, 0.05) is 29.4 Å². The number of thioether (sulfide) groups is 1. The maximum absolute atomic E-state index is 13.3. The SMILES string of the molecule is Cc1ccc(CSc2nc3c(c(=O)[nH]2)[C@@H](c2ccc(C#N)cc2)C2=C(CCCC2=O)N3)cc1. The number of aryl methyl sites for hydroxylation is 1. The average molecular weight is 455 g/mol. The van der Waals surface area contributed by atoms with Gasteiger partial charge >= 0.3 is 0 Å². The number of fused-ring (bicyclic) bond motifs is 1. The number of Topliss-reactive ketones (excluding diaryl/α,β-unsaturated/α-hetero) is 1. The van der Waals surface area contributed by atoms with Gasteiger partial charge in [-0.1, -0.05) is 53.7 Å². The van der Waals surface area contributed by atoms with Crippen molar-refractivity contribution in [1.82, 2.24) is 9.97 Å². The van der Waals surface area contributed by atoms with E-state index in [0.29, 0.717) is 39.8 Å². The van der Waals surface area contributed by atoms with Crippen molar-refractivity contribution in [2.45, 2.75) is 43.0 Å². The zero-order chi connectivity index (χ0) is 22.9. The lowest BCUT2D eigenvalue weighted by Gasteiger charge is -2.32. The van der Waals surface area contributed by atoms with Crippen LogP contribution in [-0.4, -0.2) is 15.8 Å². The Morgan fingerprint density at radius 2 is 1.85 bits per heavy atom. The maximum Gasteiger partial charge on any atom is 0.257 e. The Morgan fingerprint density at radius 3 is 2.58 bits per heavy atom. The quantitative estimate of drug-likeness (QED) is 0.434. The summed E-state index contributed by atoms with van der Waals surface area (Å²) in [7, 11) is 0. The molecular formula is C26H22N4O2S. The smallest absolute Gasteiger partial charge is 0.257 e. The van der Waals surface area contributed by atoms with Gasteiger partial charge in [-0.05, 0) is 43.0 Å². The molecule has 0 saturated carbocycles. The van der Waals surface area contributed by atoms with Gasteiger partial charge in [0.1, 0.15) is 5.82 Å². The van der Waals surface area contributed by atoms with Crippen LogP contribution in [-0.2, 0) is 10.5 Å². The van der Waals surface area contributed by atoms with E-state index in [1.54, 1.807) is 12.1 Å². The molecule has 2 aliphatic rings. The number of ketones is 1. The molecule has 164 valence electrons. The minimum absolute atomic E-state index is 0.0565. The third-order valence-electron chi connectivity index (χ3n) is 6.11. The summed E-state index contributed by atoms with van der Waals surface area (Å²) in [6.45, 7) is 2.05. The van der Waals surface area contributed by atoms with Crippen molar-refractivity contribution < 1.29 is 4.79 Å². The highest BCUT2D eigenvalue weighted by atomic mass is 32.2. The molecule has 2 heterocycles. The van der Waals surface area contributed by atoms with Crippen molar-refractivity contribution in [3.8, 4) is 6.07 Å². The molecule has 1 atom stereocenters. The van der Waals surface area contributed by atoms with Crippen molar-refractivity contribution >= 4 is 23.4 Å². The monoisotopic (exact) mass is 454 g/mol. The fourth-order valence-electron chi connectivity index (χ4n) is 4.43. The number of carbonyl (C=O) groups is 1. The predicted molar refractivity (Wildman–Crippen MR) is 128 cm³/mol. The zero-order valence-electron chi connectivity index (χ0n) is 18.1. The number of hydrogen-bond acceptors (Lipinski definition) is 6. The van der Waals surface area contributed by atoms with Crippen LogP contribution >= 0.6 is 11.8 Å². The molecular weight excluding hydrogens is 432 g/mol. The van der Waals surface area contributed by atoms with Crippen LogP contribution in [0.1, 0.15) is 53.0 Å². The molecule has 3 aromatic rings. The Labute approximate surface area is 195 Å². The summed E-state index contributed by atoms with van der Waals surface area (Å²) in [5.74, 6) is 0.756. The van der Waals surface area contributed by atoms with Crippen LogP contribution in [0, 0.1) is 18.3 Å². The molecule has 0 spiro atoms. The largest absolute Gasteiger partial charge is 0.343 e. The number of hydrogen-bond donors (Lipinski definition) is 2. The molecule has 6 nitrogen and oxygen atoms in total. The van der Waals surface area contributed by atoms with Crippen LogP contribution in [0.3, 0.4) is 0 Å². The minimum atomic E-state index is -0.496. The summed E-state index contributed by atoms with van der Waals surface area (Å²) in [5, 5.41) is 13.0. The molecule has 0 amide bonds. The summed E-state index contributed by atoms with van der Waals surface area (Å²) in [5.41, 5.74) is 5.39. The summed E-state index contributed by atoms with van der Waals surface area (Å²) in [6, 6.07) is 17.5. The number of rotatable bonds is 4. The fourth-order valence-corrected chi connectivity index (χ4v) is 5.24. The second-order valence-corrected chi connectivity index (χ2v) is 9.33. The molecule has 0 saturated heterocycles. The van der Waals surface area contributed by atoms with Crippen LogP contribution in [0.5, 0.6) is 0 Å². The number of H-pyrrole nitrogens is 1. The third kappa shape index (κ3) is 4.10. The second kappa shape index (κ2) is 8.72. The van der Waals surface area contributed by atoms with Gasteiger partial charge in [-0.3, -0.25) is 9.59 Å². The number of allylic oxidation sites excluding steroid dienone is 2. The first-order valence-electron chi connectivity index (χ1n) is 10.9. The average Bonchev–Trinajstić information content (AvgIpc) is 2.83. The maximum atomic E-state index is 13.3. The van der Waals surface area contributed by atoms with Gasteiger partial charge in [-0.15, -0.1) is 0 Å². The lowest BCUT2D eigenvalue weighted by atomic mass is 9.76. The first kappa shape index (κ1) is 21.2. The normalized spacial score (nSPS) is 17.1. The van der Waals surface area contributed by atoms with E-state index >= 15 is 0 Å². The summed E-state index contributed by atoms with van der Waals surface area (Å²) >= 11 is 1.47. The fraction of sp³-hybridized carbons (Fsp3) is 0.231. The topological polar surface area (TPSA) is 98.6 Å². The molecule has 0 unspecified atom stereocenters. The Kier molecular flexibility index (Phi) is 5.61. The van der Waals surface area contributed by atoms with Gasteiger partial charge in [0.25, 0.3) is 5.56 Å². The highest BCUT2D eigenvalue weighted by Crippen LogP contribution is 2.43. The molecule has 2 aromatic carbocycles. The highest BCUT2D eigenvalue weighted by molar-refractivity contribution is 7.98. The first-order valence-corrected chi connectivity index (χ1v) is 11.9. The number of nitrogens with one attached hydrogen (secondary N) is 2. The van der Waals surface area contributed by atoms with E-state index in [1.165, 1.54) is 17.3 Å². The molecule has 33 heavy (non-hydrogen) atoms. The van der Waals surface area contributed by atoms with Crippen molar-refractivity contribution in [1.29, 1.82) is 5.26 Å². The predicted octanol–water partition coefficient (Wildman–Crippen LogP) is 4.81. The highest BCUT2D eigenvalue weighted by Gasteiger charge is 2.37. The molecule has 0 radical (unpaired) electrons. The molecule has 0 bridgehead atoms. The number of anilines is 1. The summed E-state index contributed by atoms with van der Waals surface area (Å²) in [6.07, 6.45) is 1.99. The van der Waals surface area contributed by atoms with Crippen LogP contribution in [0.15, 0.2) is 69.8 Å². The lowest BCUT2D eigenvalue weighted by molar-refractivity contribution is -0.116. The minimum Gasteiger partial charge on any atom is -0.343 e. The molecule has 0 fully saturated rings. The van der Waals surface area contributed by atoms with Crippen molar-refractivity contribution in [2.24, 2.45) is 0 Å². The van der Waals surface area contributed by atoms with E-state index in [-0.39, 0.29) is 11.3 Å². The van der Waals surface area contributed by atoms with Gasteiger partial charge in [0.15, 0.2) is 10.9 Å². The van der Waals surface area contributed by atoms with Crippen LogP contribution < -0.4 is 10.9 Å². The zero-order valence-corrected chi connectivity index (χ0v) is 19.0. The molecule has 5 rings (SSSR count). The molecule has 2 N–H and O–H groups in total. The Morgan fingerprint density at radius 1 is 1.09 bits per heavy atom. The van der Waals surface area contributed by atoms with Crippen molar-refractivity contribution in [2.75, 3.05) is 5.32 Å². The van der Waals surface area contributed by atoms with Gasteiger partial charge in [0.05, 0.1) is 17.2 Å². The van der Waals surface area contributed by atoms with Crippen LogP contribution in [0.4, 0.5) is 5.82 Å². The Hall–Kier alpha value is -3.63. The van der Waals surface area contributed by atoms with E-state index in [0.717, 1.165) is 29.7 Å². The first-order chi connectivity index (χ1) is 16.0. The second-order valence-electron chi connectivity index (χ2n) is 8.37. The van der Waals surface area contributed by atoms with E-state index in [9.17, 15) is 9.59 Å². The number of nitriles is 1. The van der Waals surface area contributed by atoms with Gasteiger partial charge in [-0.2, -0.15) is 5.26 Å². The van der Waals surface area contributed by atoms with Gasteiger partial charge in [0.2, 0.25) is 0 Å². The number of carbonyl (C=O) groups excluding carboxylic acids is 1. The third-order valence-corrected chi connectivity index (χ3v) is 7.05.